The molecule has 0 N–H and O–H groups in total. The van der Waals surface area contributed by atoms with Crippen LogP contribution < -0.4 is 5.19 Å². The molecule has 0 radical (unpaired) electrons. The number of pyridine rings is 3. The highest BCUT2D eigenvalue weighted by Crippen LogP contribution is 2.33. The highest BCUT2D eigenvalue weighted by atomic mass is 28.3. The lowest BCUT2D eigenvalue weighted by molar-refractivity contribution is 0.653. The van der Waals surface area contributed by atoms with E-state index in [4.69, 9.17) is 4.42 Å². The van der Waals surface area contributed by atoms with Gasteiger partial charge >= 0.3 is 0 Å². The van der Waals surface area contributed by atoms with Crippen molar-refractivity contribution in [3.63, 3.8) is 0 Å². The molecule has 0 aliphatic carbocycles. The summed E-state index contributed by atoms with van der Waals surface area (Å²) in [4.78, 5) is 13.5. The van der Waals surface area contributed by atoms with E-state index in [-0.39, 0.29) is 0 Å². The van der Waals surface area contributed by atoms with Crippen LogP contribution in [0.3, 0.4) is 0 Å². The fraction of sp³-hybridized carbons (Fsp3) is 0.211. The molecule has 0 unspecified atom stereocenters. The first-order valence-corrected chi connectivity index (χ1v) is 11.5. The van der Waals surface area contributed by atoms with Gasteiger partial charge in [0.1, 0.15) is 5.58 Å². The van der Waals surface area contributed by atoms with E-state index in [1.165, 1.54) is 5.19 Å². The van der Waals surface area contributed by atoms with Crippen LogP contribution >= 0.6 is 0 Å². The molecule has 4 nitrogen and oxygen atoms in total. The summed E-state index contributed by atoms with van der Waals surface area (Å²) in [7, 11) is -1.36. The van der Waals surface area contributed by atoms with E-state index in [1.807, 2.05) is 37.6 Å². The highest BCUT2D eigenvalue weighted by molar-refractivity contribution is 6.88. The van der Waals surface area contributed by atoms with Gasteiger partial charge in [0.25, 0.3) is 0 Å². The molecular formula is C19H19N3OSi. The van der Waals surface area contributed by atoms with Gasteiger partial charge in [-0.25, -0.2) is 4.98 Å². The van der Waals surface area contributed by atoms with Crippen molar-refractivity contribution in [2.45, 2.75) is 26.6 Å². The van der Waals surface area contributed by atoms with Crippen LogP contribution in [0.15, 0.2) is 47.3 Å². The number of nitrogens with zero attached hydrogens (tertiary/aromatic N) is 3. The smallest absolute Gasteiger partial charge is 0.227 e. The molecule has 4 aromatic heterocycles. The van der Waals surface area contributed by atoms with Crippen LogP contribution in [0.1, 0.15) is 5.69 Å². The SMILES string of the molecule is Cc1ccc2c(n1)oc1c(-c3ccc([Si](C)(C)C)cn3)cncc12. The summed E-state index contributed by atoms with van der Waals surface area (Å²) in [5, 5.41) is 3.31. The van der Waals surface area contributed by atoms with Gasteiger partial charge in [0.05, 0.1) is 19.3 Å². The minimum atomic E-state index is -1.36. The molecule has 0 saturated heterocycles. The Kier molecular flexibility index (Phi) is 3.28. The zero-order valence-corrected chi connectivity index (χ0v) is 15.3. The topological polar surface area (TPSA) is 51.8 Å². The summed E-state index contributed by atoms with van der Waals surface area (Å²) < 4.78 is 6.03. The first-order valence-electron chi connectivity index (χ1n) is 8.04. The van der Waals surface area contributed by atoms with E-state index in [0.717, 1.165) is 33.3 Å². The van der Waals surface area contributed by atoms with Gasteiger partial charge in [-0.3, -0.25) is 9.97 Å². The molecule has 0 aromatic carbocycles. The molecule has 24 heavy (non-hydrogen) atoms. The molecule has 0 aliphatic heterocycles. The van der Waals surface area contributed by atoms with E-state index < -0.39 is 8.07 Å². The number of rotatable bonds is 2. The Balaban J connectivity index is 1.92. The van der Waals surface area contributed by atoms with Crippen molar-refractivity contribution in [1.82, 2.24) is 15.0 Å². The third-order valence-corrected chi connectivity index (χ3v) is 6.32. The number of hydrogen-bond acceptors (Lipinski definition) is 4. The second-order valence-corrected chi connectivity index (χ2v) is 12.2. The van der Waals surface area contributed by atoms with Crippen molar-refractivity contribution < 1.29 is 4.42 Å². The first-order chi connectivity index (χ1) is 11.4. The molecule has 120 valence electrons. The Morgan fingerprint density at radius 3 is 2.46 bits per heavy atom. The van der Waals surface area contributed by atoms with Gasteiger partial charge < -0.3 is 4.42 Å². The lowest BCUT2D eigenvalue weighted by atomic mass is 10.1. The zero-order valence-electron chi connectivity index (χ0n) is 14.3. The van der Waals surface area contributed by atoms with Gasteiger partial charge in [0.15, 0.2) is 0 Å². The lowest BCUT2D eigenvalue weighted by Crippen LogP contribution is -2.37. The summed E-state index contributed by atoms with van der Waals surface area (Å²) in [6.45, 7) is 8.92. The molecule has 0 fully saturated rings. The number of hydrogen-bond donors (Lipinski definition) is 0. The molecule has 4 heterocycles. The van der Waals surface area contributed by atoms with E-state index in [2.05, 4.69) is 46.7 Å². The van der Waals surface area contributed by atoms with Crippen molar-refractivity contribution in [3.8, 4) is 11.3 Å². The van der Waals surface area contributed by atoms with Crippen LogP contribution in [0.5, 0.6) is 0 Å². The Labute approximate surface area is 141 Å². The molecule has 0 aliphatic rings. The van der Waals surface area contributed by atoms with Crippen molar-refractivity contribution in [2.75, 3.05) is 0 Å². The minimum absolute atomic E-state index is 0.651. The Bertz CT molecular complexity index is 1050. The van der Waals surface area contributed by atoms with Gasteiger partial charge in [-0.2, -0.15) is 0 Å². The van der Waals surface area contributed by atoms with Crippen molar-refractivity contribution in [3.05, 3.63) is 48.5 Å². The maximum absolute atomic E-state index is 6.03. The van der Waals surface area contributed by atoms with Gasteiger partial charge in [-0.05, 0) is 30.3 Å². The molecule has 0 amide bonds. The molecular weight excluding hydrogens is 314 g/mol. The van der Waals surface area contributed by atoms with Crippen LogP contribution in [0, 0.1) is 6.92 Å². The fourth-order valence-corrected chi connectivity index (χ4v) is 3.88. The second-order valence-electron chi connectivity index (χ2n) is 7.15. The van der Waals surface area contributed by atoms with Crippen molar-refractivity contribution in [2.24, 2.45) is 0 Å². The van der Waals surface area contributed by atoms with Crippen LogP contribution in [0.4, 0.5) is 0 Å². The predicted molar refractivity (Wildman–Crippen MR) is 100 cm³/mol. The largest absolute Gasteiger partial charge is 0.437 e. The maximum atomic E-state index is 6.03. The number of fused-ring (bicyclic) bond motifs is 3. The van der Waals surface area contributed by atoms with Gasteiger partial charge in [0, 0.05) is 35.1 Å². The molecule has 0 bridgehead atoms. The quantitative estimate of drug-likeness (QED) is 0.513. The van der Waals surface area contributed by atoms with Gasteiger partial charge in [-0.15, -0.1) is 0 Å². The Morgan fingerprint density at radius 2 is 1.75 bits per heavy atom. The third kappa shape index (κ3) is 2.41. The van der Waals surface area contributed by atoms with E-state index in [0.29, 0.717) is 5.71 Å². The second kappa shape index (κ2) is 5.24. The van der Waals surface area contributed by atoms with Crippen molar-refractivity contribution in [1.29, 1.82) is 0 Å². The van der Waals surface area contributed by atoms with Gasteiger partial charge in [0.2, 0.25) is 5.71 Å². The monoisotopic (exact) mass is 333 g/mol. The number of furan rings is 1. The molecule has 0 spiro atoms. The summed E-state index contributed by atoms with van der Waals surface area (Å²) in [5.41, 5.74) is 4.18. The number of aryl methyl sites for hydroxylation is 1. The zero-order chi connectivity index (χ0) is 16.9. The van der Waals surface area contributed by atoms with Gasteiger partial charge in [-0.1, -0.05) is 25.7 Å². The standard InChI is InChI=1S/C19H19N3OSi/c1-12-5-7-14-15-10-20-11-16(18(15)23-19(14)22-12)17-8-6-13(9-21-17)24(2,3)4/h5-11H,1-4H3. The van der Waals surface area contributed by atoms with E-state index in [1.54, 1.807) is 0 Å². The number of aromatic nitrogens is 3. The highest BCUT2D eigenvalue weighted by Gasteiger charge is 2.18. The summed E-state index contributed by atoms with van der Waals surface area (Å²) in [6.07, 6.45) is 5.64. The average molecular weight is 333 g/mol. The minimum Gasteiger partial charge on any atom is -0.437 e. The Hall–Kier alpha value is -2.53. The van der Waals surface area contributed by atoms with Crippen LogP contribution in [0.2, 0.25) is 19.6 Å². The fourth-order valence-electron chi connectivity index (χ4n) is 2.84. The summed E-state index contributed by atoms with van der Waals surface area (Å²) in [6, 6.07) is 8.27. The average Bonchev–Trinajstić information content (AvgIpc) is 2.91. The molecule has 4 aromatic rings. The third-order valence-electron chi connectivity index (χ3n) is 4.29. The van der Waals surface area contributed by atoms with Crippen LogP contribution in [-0.4, -0.2) is 23.0 Å². The van der Waals surface area contributed by atoms with Crippen LogP contribution in [0.25, 0.3) is 33.3 Å². The molecule has 5 heteroatoms. The summed E-state index contributed by atoms with van der Waals surface area (Å²) in [5.74, 6) is 0. The summed E-state index contributed by atoms with van der Waals surface area (Å²) >= 11 is 0. The Morgan fingerprint density at radius 1 is 0.917 bits per heavy atom. The van der Waals surface area contributed by atoms with E-state index in [9.17, 15) is 0 Å². The molecule has 4 rings (SSSR count). The first kappa shape index (κ1) is 15.0. The van der Waals surface area contributed by atoms with Crippen molar-refractivity contribution >= 4 is 35.3 Å². The maximum Gasteiger partial charge on any atom is 0.227 e. The molecule has 0 saturated carbocycles. The van der Waals surface area contributed by atoms with E-state index >= 15 is 0 Å². The lowest BCUT2D eigenvalue weighted by Gasteiger charge is -2.16. The molecule has 0 atom stereocenters. The van der Waals surface area contributed by atoms with Crippen LogP contribution in [-0.2, 0) is 0 Å². The normalized spacial score (nSPS) is 12.2. The predicted octanol–water partition coefficient (Wildman–Crippen LogP) is 4.29.